The van der Waals surface area contributed by atoms with Gasteiger partial charge in [0.1, 0.15) is 6.07 Å². The van der Waals surface area contributed by atoms with Crippen LogP contribution in [0.15, 0.2) is 12.1 Å². The first kappa shape index (κ1) is 15.3. The third-order valence-corrected chi connectivity index (χ3v) is 5.40. The molecule has 2 nitrogen and oxygen atoms in total. The molecule has 100 valence electrons. The summed E-state index contributed by atoms with van der Waals surface area (Å²) in [6, 6.07) is 5.74. The Bertz CT molecular complexity index is 470. The zero-order valence-electron chi connectivity index (χ0n) is 11.7. The summed E-state index contributed by atoms with van der Waals surface area (Å²) in [6.45, 7) is 6.78. The van der Waals surface area contributed by atoms with Crippen molar-refractivity contribution in [2.45, 2.75) is 26.5 Å². The summed E-state index contributed by atoms with van der Waals surface area (Å²) in [5, 5.41) is 9.37. The molecule has 1 heterocycles. The van der Waals surface area contributed by atoms with Gasteiger partial charge < -0.3 is 0 Å². The lowest BCUT2D eigenvalue weighted by atomic mass is 10.0. The van der Waals surface area contributed by atoms with Crippen LogP contribution in [-0.2, 0) is 5.75 Å². The molecular formula is C14H21ClN2S. The minimum absolute atomic E-state index is 0.323. The highest BCUT2D eigenvalue weighted by Crippen LogP contribution is 2.47. The Morgan fingerprint density at radius 2 is 1.94 bits per heavy atom. The van der Waals surface area contributed by atoms with Crippen LogP contribution in [0.4, 0.5) is 0 Å². The van der Waals surface area contributed by atoms with Crippen LogP contribution in [0.5, 0.6) is 0 Å². The summed E-state index contributed by atoms with van der Waals surface area (Å²) in [5.74, 6) is 2.13. The van der Waals surface area contributed by atoms with Crippen molar-refractivity contribution in [3.05, 3.63) is 28.5 Å². The van der Waals surface area contributed by atoms with E-state index < -0.39 is 10.0 Å². The second-order valence-electron chi connectivity index (χ2n) is 6.36. The van der Waals surface area contributed by atoms with Gasteiger partial charge in [-0.05, 0) is 35.8 Å². The van der Waals surface area contributed by atoms with E-state index >= 15 is 0 Å². The molecule has 0 aliphatic rings. The van der Waals surface area contributed by atoms with Crippen LogP contribution in [0.25, 0.3) is 0 Å². The molecule has 0 bridgehead atoms. The lowest BCUT2D eigenvalue weighted by Gasteiger charge is -2.37. The number of pyridine rings is 1. The van der Waals surface area contributed by atoms with E-state index in [1.807, 2.05) is 12.1 Å². The number of rotatable bonds is 3. The molecule has 0 unspecified atom stereocenters. The molecule has 0 aliphatic heterocycles. The first-order valence-electron chi connectivity index (χ1n) is 5.87. The fourth-order valence-electron chi connectivity index (χ4n) is 2.26. The maximum Gasteiger partial charge on any atom is 0.159 e. The van der Waals surface area contributed by atoms with Gasteiger partial charge in [-0.15, -0.1) is 0 Å². The van der Waals surface area contributed by atoms with Crippen molar-refractivity contribution < 1.29 is 0 Å². The molecule has 0 saturated carbocycles. The SMILES string of the molecule is CC(C)(C)CS(C)(C)Cc1ccc(Cl)c(C#N)n1. The van der Waals surface area contributed by atoms with Gasteiger partial charge in [0.2, 0.25) is 0 Å². The number of nitriles is 1. The summed E-state index contributed by atoms with van der Waals surface area (Å²) < 4.78 is 0. The first-order valence-corrected chi connectivity index (χ1v) is 9.04. The Morgan fingerprint density at radius 1 is 1.33 bits per heavy atom. The smallest absolute Gasteiger partial charge is 0.159 e. The minimum Gasteiger partial charge on any atom is -0.241 e. The van der Waals surface area contributed by atoms with Crippen molar-refractivity contribution in [3.8, 4) is 6.07 Å². The number of hydrogen-bond donors (Lipinski definition) is 0. The van der Waals surface area contributed by atoms with Crippen LogP contribution in [0, 0.1) is 16.7 Å². The van der Waals surface area contributed by atoms with Gasteiger partial charge in [-0.25, -0.2) is 15.0 Å². The highest BCUT2D eigenvalue weighted by atomic mass is 35.5. The van der Waals surface area contributed by atoms with Gasteiger partial charge in [0, 0.05) is 5.75 Å². The summed E-state index contributed by atoms with van der Waals surface area (Å²) in [4.78, 5) is 4.33. The molecule has 4 heteroatoms. The molecule has 0 amide bonds. The number of hydrogen-bond acceptors (Lipinski definition) is 2. The van der Waals surface area contributed by atoms with Gasteiger partial charge >= 0.3 is 0 Å². The van der Waals surface area contributed by atoms with E-state index in [-0.39, 0.29) is 0 Å². The topological polar surface area (TPSA) is 36.7 Å². The monoisotopic (exact) mass is 284 g/mol. The molecule has 0 aromatic carbocycles. The van der Waals surface area contributed by atoms with E-state index in [0.717, 1.165) is 11.4 Å². The van der Waals surface area contributed by atoms with Gasteiger partial charge in [-0.1, -0.05) is 32.4 Å². The van der Waals surface area contributed by atoms with Crippen molar-refractivity contribution >= 4 is 21.6 Å². The second-order valence-corrected chi connectivity index (χ2v) is 10.9. The van der Waals surface area contributed by atoms with Crippen LogP contribution < -0.4 is 0 Å². The third kappa shape index (κ3) is 4.88. The van der Waals surface area contributed by atoms with Crippen molar-refractivity contribution in [2.75, 3.05) is 18.3 Å². The van der Waals surface area contributed by atoms with Gasteiger partial charge in [-0.3, -0.25) is 0 Å². The molecule has 0 atom stereocenters. The highest BCUT2D eigenvalue weighted by molar-refractivity contribution is 8.32. The minimum atomic E-state index is -0.745. The van der Waals surface area contributed by atoms with Gasteiger partial charge in [0.15, 0.2) is 5.69 Å². The van der Waals surface area contributed by atoms with Crippen molar-refractivity contribution in [3.63, 3.8) is 0 Å². The maximum atomic E-state index is 8.94. The van der Waals surface area contributed by atoms with Crippen LogP contribution in [0.3, 0.4) is 0 Å². The summed E-state index contributed by atoms with van der Waals surface area (Å²) in [7, 11) is -0.745. The molecule has 1 aromatic heterocycles. The maximum absolute atomic E-state index is 8.94. The standard InChI is InChI=1S/C14H21ClN2S/c1-14(2,3)10-18(4,5)9-11-6-7-12(15)13(8-16)17-11/h6-7H,9-10H2,1-5H3. The van der Waals surface area contributed by atoms with E-state index in [9.17, 15) is 0 Å². The number of aromatic nitrogens is 1. The summed E-state index contributed by atoms with van der Waals surface area (Å²) in [5.41, 5.74) is 1.63. The van der Waals surface area contributed by atoms with E-state index in [4.69, 9.17) is 16.9 Å². The second kappa shape index (κ2) is 5.50. The first-order chi connectivity index (χ1) is 8.13. The van der Waals surface area contributed by atoms with Crippen molar-refractivity contribution in [1.82, 2.24) is 4.98 Å². The third-order valence-electron chi connectivity index (χ3n) is 2.37. The van der Waals surface area contributed by atoms with Crippen molar-refractivity contribution in [1.29, 1.82) is 5.26 Å². The molecule has 0 fully saturated rings. The molecule has 0 radical (unpaired) electrons. The molecule has 1 aromatic rings. The average Bonchev–Trinajstić information content (AvgIpc) is 2.16. The van der Waals surface area contributed by atoms with Crippen LogP contribution in [0.1, 0.15) is 32.2 Å². The van der Waals surface area contributed by atoms with E-state index in [1.54, 1.807) is 6.07 Å². The predicted octanol–water partition coefficient (Wildman–Crippen LogP) is 4.22. The van der Waals surface area contributed by atoms with E-state index in [0.29, 0.717) is 16.1 Å². The predicted molar refractivity (Wildman–Crippen MR) is 81.4 cm³/mol. The van der Waals surface area contributed by atoms with Crippen molar-refractivity contribution in [2.24, 2.45) is 5.41 Å². The zero-order valence-corrected chi connectivity index (χ0v) is 13.3. The van der Waals surface area contributed by atoms with Crippen LogP contribution >= 0.6 is 21.6 Å². The molecule has 18 heavy (non-hydrogen) atoms. The largest absolute Gasteiger partial charge is 0.241 e. The lowest BCUT2D eigenvalue weighted by Crippen LogP contribution is -2.19. The summed E-state index contributed by atoms with van der Waals surface area (Å²) >= 11 is 5.90. The van der Waals surface area contributed by atoms with Gasteiger partial charge in [0.05, 0.1) is 10.7 Å². The number of nitrogens with zero attached hydrogens (tertiary/aromatic N) is 2. The fraction of sp³-hybridized carbons (Fsp3) is 0.571. The molecular weight excluding hydrogens is 264 g/mol. The molecule has 0 aliphatic carbocycles. The Hall–Kier alpha value is -0.720. The van der Waals surface area contributed by atoms with Crippen LogP contribution in [-0.4, -0.2) is 23.2 Å². The Labute approximate surface area is 117 Å². The van der Waals surface area contributed by atoms with E-state index in [2.05, 4.69) is 38.3 Å². The normalized spacial score (nSPS) is 13.2. The molecule has 1 rings (SSSR count). The molecule has 0 saturated heterocycles. The number of halogens is 1. The Kier molecular flexibility index (Phi) is 4.69. The van der Waals surface area contributed by atoms with Gasteiger partial charge in [0.25, 0.3) is 0 Å². The molecule has 0 spiro atoms. The fourth-order valence-corrected chi connectivity index (χ4v) is 5.82. The Balaban J connectivity index is 2.88. The average molecular weight is 285 g/mol. The quantitative estimate of drug-likeness (QED) is 0.833. The lowest BCUT2D eigenvalue weighted by molar-refractivity contribution is 0.478. The zero-order chi connectivity index (χ0) is 14.0. The van der Waals surface area contributed by atoms with E-state index in [1.165, 1.54) is 5.75 Å². The van der Waals surface area contributed by atoms with Gasteiger partial charge in [-0.2, -0.15) is 5.26 Å². The van der Waals surface area contributed by atoms with Crippen LogP contribution in [0.2, 0.25) is 5.02 Å². The molecule has 0 N–H and O–H groups in total. The summed E-state index contributed by atoms with van der Waals surface area (Å²) in [6.07, 6.45) is 4.64. The Morgan fingerprint density at radius 3 is 2.44 bits per heavy atom. The highest BCUT2D eigenvalue weighted by Gasteiger charge is 2.22.